The van der Waals surface area contributed by atoms with Gasteiger partial charge in [-0.1, -0.05) is 0 Å². The van der Waals surface area contributed by atoms with Crippen molar-refractivity contribution in [3.63, 3.8) is 0 Å². The SMILES string of the molecule is COc1nc(N2CCCC3CNCC32)ncc1Br. The van der Waals surface area contributed by atoms with Crippen molar-refractivity contribution in [2.45, 2.75) is 18.9 Å². The highest BCUT2D eigenvalue weighted by Crippen LogP contribution is 2.31. The molecule has 0 bridgehead atoms. The van der Waals surface area contributed by atoms with Crippen molar-refractivity contribution in [1.29, 1.82) is 0 Å². The molecule has 98 valence electrons. The van der Waals surface area contributed by atoms with Gasteiger partial charge in [0.15, 0.2) is 0 Å². The highest BCUT2D eigenvalue weighted by atomic mass is 79.9. The van der Waals surface area contributed by atoms with Crippen LogP contribution >= 0.6 is 15.9 Å². The second kappa shape index (κ2) is 5.01. The molecule has 5 nitrogen and oxygen atoms in total. The highest BCUT2D eigenvalue weighted by Gasteiger charge is 2.36. The molecular weight excluding hydrogens is 296 g/mol. The first-order valence-corrected chi connectivity index (χ1v) is 7.13. The number of nitrogens with one attached hydrogen (secondary N) is 1. The topological polar surface area (TPSA) is 50.3 Å². The molecule has 2 atom stereocenters. The number of halogens is 1. The third-order valence-corrected chi connectivity index (χ3v) is 4.37. The van der Waals surface area contributed by atoms with E-state index in [-0.39, 0.29) is 0 Å². The Hall–Kier alpha value is -0.880. The lowest BCUT2D eigenvalue weighted by molar-refractivity contribution is 0.372. The molecule has 0 aliphatic carbocycles. The largest absolute Gasteiger partial charge is 0.480 e. The second-order valence-corrected chi connectivity index (χ2v) is 5.70. The van der Waals surface area contributed by atoms with Crippen LogP contribution in [-0.2, 0) is 0 Å². The zero-order chi connectivity index (χ0) is 12.5. The Labute approximate surface area is 115 Å². The van der Waals surface area contributed by atoms with E-state index in [2.05, 4.69) is 36.1 Å². The van der Waals surface area contributed by atoms with Crippen LogP contribution in [0.1, 0.15) is 12.8 Å². The van der Waals surface area contributed by atoms with Crippen molar-refractivity contribution >= 4 is 21.9 Å². The van der Waals surface area contributed by atoms with Crippen molar-refractivity contribution in [2.24, 2.45) is 5.92 Å². The Balaban J connectivity index is 1.89. The summed E-state index contributed by atoms with van der Waals surface area (Å²) >= 11 is 3.39. The van der Waals surface area contributed by atoms with Crippen molar-refractivity contribution in [1.82, 2.24) is 15.3 Å². The van der Waals surface area contributed by atoms with Crippen LogP contribution in [0, 0.1) is 5.92 Å². The molecule has 0 radical (unpaired) electrons. The number of aromatic nitrogens is 2. The van der Waals surface area contributed by atoms with Gasteiger partial charge in [-0.2, -0.15) is 4.98 Å². The predicted molar refractivity (Wildman–Crippen MR) is 73.0 cm³/mol. The zero-order valence-corrected chi connectivity index (χ0v) is 12.0. The number of rotatable bonds is 2. The number of nitrogens with zero attached hydrogens (tertiary/aromatic N) is 3. The summed E-state index contributed by atoms with van der Waals surface area (Å²) in [6.07, 6.45) is 4.29. The first-order chi connectivity index (χ1) is 8.79. The van der Waals surface area contributed by atoms with Gasteiger partial charge in [0.25, 0.3) is 0 Å². The maximum atomic E-state index is 5.25. The van der Waals surface area contributed by atoms with E-state index in [0.29, 0.717) is 11.9 Å². The van der Waals surface area contributed by atoms with Crippen molar-refractivity contribution in [3.8, 4) is 5.88 Å². The number of fused-ring (bicyclic) bond motifs is 1. The summed E-state index contributed by atoms with van der Waals surface area (Å²) < 4.78 is 6.05. The highest BCUT2D eigenvalue weighted by molar-refractivity contribution is 9.10. The number of ether oxygens (including phenoxy) is 1. The van der Waals surface area contributed by atoms with E-state index in [0.717, 1.165) is 36.0 Å². The zero-order valence-electron chi connectivity index (χ0n) is 10.4. The normalized spacial score (nSPS) is 27.1. The van der Waals surface area contributed by atoms with Crippen LogP contribution in [0.25, 0.3) is 0 Å². The summed E-state index contributed by atoms with van der Waals surface area (Å²) in [7, 11) is 1.63. The van der Waals surface area contributed by atoms with Gasteiger partial charge < -0.3 is 15.0 Å². The van der Waals surface area contributed by atoms with E-state index in [1.54, 1.807) is 13.3 Å². The lowest BCUT2D eigenvalue weighted by atomic mass is 9.92. The van der Waals surface area contributed by atoms with Gasteiger partial charge >= 0.3 is 0 Å². The van der Waals surface area contributed by atoms with Crippen LogP contribution in [0.4, 0.5) is 5.95 Å². The number of piperidine rings is 1. The van der Waals surface area contributed by atoms with E-state index < -0.39 is 0 Å². The number of methoxy groups -OCH3 is 1. The molecule has 0 aromatic carbocycles. The smallest absolute Gasteiger partial charge is 0.232 e. The Morgan fingerprint density at radius 2 is 2.39 bits per heavy atom. The van der Waals surface area contributed by atoms with Crippen LogP contribution in [0.2, 0.25) is 0 Å². The Morgan fingerprint density at radius 3 is 3.22 bits per heavy atom. The molecule has 1 aromatic rings. The molecule has 1 aromatic heterocycles. The van der Waals surface area contributed by atoms with Gasteiger partial charge in [0.2, 0.25) is 11.8 Å². The van der Waals surface area contributed by atoms with Crippen molar-refractivity contribution in [2.75, 3.05) is 31.6 Å². The molecule has 2 aliphatic heterocycles. The van der Waals surface area contributed by atoms with Gasteiger partial charge in [-0.25, -0.2) is 4.98 Å². The van der Waals surface area contributed by atoms with Gasteiger partial charge in [0.05, 0.1) is 17.8 Å². The third kappa shape index (κ3) is 2.07. The van der Waals surface area contributed by atoms with E-state index in [4.69, 9.17) is 4.74 Å². The fraction of sp³-hybridized carbons (Fsp3) is 0.667. The number of hydrogen-bond donors (Lipinski definition) is 1. The van der Waals surface area contributed by atoms with Gasteiger partial charge in [-0.15, -0.1) is 0 Å². The van der Waals surface area contributed by atoms with E-state index >= 15 is 0 Å². The lowest BCUT2D eigenvalue weighted by Crippen LogP contribution is -2.46. The molecule has 0 saturated carbocycles. The molecule has 2 aliphatic rings. The fourth-order valence-corrected chi connectivity index (χ4v) is 3.29. The van der Waals surface area contributed by atoms with Gasteiger partial charge in [-0.3, -0.25) is 0 Å². The minimum Gasteiger partial charge on any atom is -0.480 e. The van der Waals surface area contributed by atoms with Crippen LogP contribution in [0.3, 0.4) is 0 Å². The number of anilines is 1. The van der Waals surface area contributed by atoms with E-state index in [1.807, 2.05) is 0 Å². The molecule has 1 N–H and O–H groups in total. The Kier molecular flexibility index (Phi) is 3.39. The third-order valence-electron chi connectivity index (χ3n) is 3.83. The summed E-state index contributed by atoms with van der Waals surface area (Å²) in [5, 5.41) is 3.47. The summed E-state index contributed by atoms with van der Waals surface area (Å²) in [4.78, 5) is 11.2. The summed E-state index contributed by atoms with van der Waals surface area (Å²) in [5.74, 6) is 2.12. The average Bonchev–Trinajstić information content (AvgIpc) is 2.87. The monoisotopic (exact) mass is 312 g/mol. The van der Waals surface area contributed by atoms with Crippen LogP contribution in [0.5, 0.6) is 5.88 Å². The fourth-order valence-electron chi connectivity index (χ4n) is 2.94. The average molecular weight is 313 g/mol. The molecular formula is C12H17BrN4O. The Bertz CT molecular complexity index is 442. The molecule has 2 fully saturated rings. The van der Waals surface area contributed by atoms with Gasteiger partial charge in [0.1, 0.15) is 0 Å². The van der Waals surface area contributed by atoms with Crippen LogP contribution in [-0.4, -0.2) is 42.8 Å². The number of hydrogen-bond acceptors (Lipinski definition) is 5. The summed E-state index contributed by atoms with van der Waals surface area (Å²) in [5.41, 5.74) is 0. The predicted octanol–water partition coefficient (Wildman–Crippen LogP) is 1.44. The maximum Gasteiger partial charge on any atom is 0.232 e. The molecule has 2 unspecified atom stereocenters. The summed E-state index contributed by atoms with van der Waals surface area (Å²) in [6.45, 7) is 3.19. The minimum absolute atomic E-state index is 0.532. The maximum absolute atomic E-state index is 5.25. The van der Waals surface area contributed by atoms with E-state index in [9.17, 15) is 0 Å². The Morgan fingerprint density at radius 1 is 1.50 bits per heavy atom. The van der Waals surface area contributed by atoms with Crippen molar-refractivity contribution in [3.05, 3.63) is 10.7 Å². The van der Waals surface area contributed by atoms with Crippen LogP contribution in [0.15, 0.2) is 10.7 Å². The quantitative estimate of drug-likeness (QED) is 0.895. The molecule has 2 saturated heterocycles. The molecule has 0 spiro atoms. The lowest BCUT2D eigenvalue weighted by Gasteiger charge is -2.37. The molecule has 3 heterocycles. The molecule has 18 heavy (non-hydrogen) atoms. The first kappa shape index (κ1) is 12.2. The van der Waals surface area contributed by atoms with Crippen LogP contribution < -0.4 is 15.0 Å². The standard InChI is InChI=1S/C12H17BrN4O/c1-18-11-9(13)6-15-12(16-11)17-4-2-3-8-5-14-7-10(8)17/h6,8,10,14H,2-5,7H2,1H3. The van der Waals surface area contributed by atoms with Crippen molar-refractivity contribution < 1.29 is 4.74 Å². The minimum atomic E-state index is 0.532. The van der Waals surface area contributed by atoms with Gasteiger partial charge in [-0.05, 0) is 34.7 Å². The first-order valence-electron chi connectivity index (χ1n) is 6.33. The molecule has 6 heteroatoms. The van der Waals surface area contributed by atoms with E-state index in [1.165, 1.54) is 12.8 Å². The summed E-state index contributed by atoms with van der Waals surface area (Å²) in [6, 6.07) is 0.532. The van der Waals surface area contributed by atoms with Gasteiger partial charge in [0, 0.05) is 25.7 Å². The second-order valence-electron chi connectivity index (χ2n) is 4.85. The molecule has 0 amide bonds. The molecule has 3 rings (SSSR count).